The van der Waals surface area contributed by atoms with Crippen LogP contribution in [0.4, 0.5) is 5.13 Å². The number of amides is 1. The summed E-state index contributed by atoms with van der Waals surface area (Å²) in [7, 11) is 0. The van der Waals surface area contributed by atoms with E-state index in [-0.39, 0.29) is 6.42 Å². The Bertz CT molecular complexity index is 326. The lowest BCUT2D eigenvalue weighted by Crippen LogP contribution is -2.33. The van der Waals surface area contributed by atoms with E-state index in [0.29, 0.717) is 5.13 Å². The van der Waals surface area contributed by atoms with Crippen molar-refractivity contribution in [1.29, 1.82) is 0 Å². The van der Waals surface area contributed by atoms with Gasteiger partial charge in [-0.15, -0.1) is 10.2 Å². The number of hydrogen-bond acceptors (Lipinski definition) is 6. The summed E-state index contributed by atoms with van der Waals surface area (Å²) in [6.45, 7) is 0. The molecule has 1 aromatic heterocycles. The molecular formula is C6H8N4O3S. The van der Waals surface area contributed by atoms with Crippen molar-refractivity contribution >= 4 is 28.3 Å². The summed E-state index contributed by atoms with van der Waals surface area (Å²) in [6, 6.07) is -1.06. The fraction of sp³-hybridized carbons (Fsp3) is 0.333. The number of carboxylic acids is 1. The number of carbonyl (C=O) groups excluding carboxylic acids is 1. The van der Waals surface area contributed by atoms with Crippen molar-refractivity contribution in [3.8, 4) is 0 Å². The van der Waals surface area contributed by atoms with Crippen molar-refractivity contribution in [3.05, 3.63) is 5.51 Å². The monoisotopic (exact) mass is 216 g/mol. The predicted molar refractivity (Wildman–Crippen MR) is 48.8 cm³/mol. The Morgan fingerprint density at radius 2 is 2.43 bits per heavy atom. The van der Waals surface area contributed by atoms with Crippen LogP contribution in [0.3, 0.4) is 0 Å². The van der Waals surface area contributed by atoms with Gasteiger partial charge >= 0.3 is 5.97 Å². The van der Waals surface area contributed by atoms with E-state index in [1.165, 1.54) is 5.51 Å². The molecular weight excluding hydrogens is 208 g/mol. The predicted octanol–water partition coefficient (Wildman–Crippen LogP) is -0.721. The number of carboxylic acid groups (broad SMARTS) is 1. The molecule has 0 radical (unpaired) electrons. The summed E-state index contributed by atoms with van der Waals surface area (Å²) >= 11 is 1.15. The van der Waals surface area contributed by atoms with Gasteiger partial charge in [0.25, 0.3) is 0 Å². The van der Waals surface area contributed by atoms with Gasteiger partial charge in [-0.3, -0.25) is 4.79 Å². The molecule has 0 saturated carbocycles. The van der Waals surface area contributed by atoms with Crippen LogP contribution in [0.2, 0.25) is 0 Å². The van der Waals surface area contributed by atoms with E-state index in [2.05, 4.69) is 15.5 Å². The SMILES string of the molecule is NC(=O)C[C@H](Nc1nncs1)C(=O)O. The smallest absolute Gasteiger partial charge is 0.326 e. The van der Waals surface area contributed by atoms with Crippen LogP contribution in [0.5, 0.6) is 0 Å². The molecule has 0 saturated heterocycles. The highest BCUT2D eigenvalue weighted by molar-refractivity contribution is 7.13. The molecule has 0 aliphatic carbocycles. The summed E-state index contributed by atoms with van der Waals surface area (Å²) in [5.74, 6) is -1.84. The van der Waals surface area contributed by atoms with Gasteiger partial charge in [0.05, 0.1) is 6.42 Å². The second-order valence-corrected chi connectivity index (χ2v) is 3.28. The van der Waals surface area contributed by atoms with E-state index >= 15 is 0 Å². The van der Waals surface area contributed by atoms with Gasteiger partial charge in [0.15, 0.2) is 0 Å². The van der Waals surface area contributed by atoms with Crippen LogP contribution >= 0.6 is 11.3 Å². The first-order chi connectivity index (χ1) is 6.59. The van der Waals surface area contributed by atoms with Crippen LogP contribution < -0.4 is 11.1 Å². The molecule has 1 amide bonds. The van der Waals surface area contributed by atoms with Gasteiger partial charge in [-0.05, 0) is 0 Å². The second kappa shape index (κ2) is 4.51. The molecule has 0 bridgehead atoms. The summed E-state index contributed by atoms with van der Waals surface area (Å²) in [5.41, 5.74) is 6.34. The Morgan fingerprint density at radius 1 is 1.71 bits per heavy atom. The fourth-order valence-corrected chi connectivity index (χ4v) is 1.28. The topological polar surface area (TPSA) is 118 Å². The molecule has 0 aliphatic heterocycles. The maximum Gasteiger partial charge on any atom is 0.326 e. The number of nitrogens with two attached hydrogens (primary N) is 1. The van der Waals surface area contributed by atoms with Gasteiger partial charge < -0.3 is 16.2 Å². The first kappa shape index (κ1) is 10.4. The number of nitrogens with zero attached hydrogens (tertiary/aromatic N) is 2. The molecule has 76 valence electrons. The first-order valence-electron chi connectivity index (χ1n) is 3.63. The molecule has 0 aromatic carbocycles. The van der Waals surface area contributed by atoms with Crippen molar-refractivity contribution in [2.75, 3.05) is 5.32 Å². The van der Waals surface area contributed by atoms with Crippen LogP contribution in [0, 0.1) is 0 Å². The zero-order valence-corrected chi connectivity index (χ0v) is 7.82. The Labute approximate surface area is 82.9 Å². The van der Waals surface area contributed by atoms with Crippen molar-refractivity contribution < 1.29 is 14.7 Å². The number of aliphatic carboxylic acids is 1. The molecule has 8 heteroatoms. The minimum atomic E-state index is -1.15. The van der Waals surface area contributed by atoms with E-state index < -0.39 is 17.9 Å². The third-order valence-electron chi connectivity index (χ3n) is 1.36. The van der Waals surface area contributed by atoms with Gasteiger partial charge in [-0.1, -0.05) is 11.3 Å². The van der Waals surface area contributed by atoms with Crippen molar-refractivity contribution in [3.63, 3.8) is 0 Å². The highest BCUT2D eigenvalue weighted by Gasteiger charge is 2.20. The standard InChI is InChI=1S/C6H8N4O3S/c7-4(11)1-3(5(12)13)9-6-10-8-2-14-6/h2-3H,1H2,(H2,7,11)(H,9,10)(H,12,13)/t3-/m0/s1. The minimum absolute atomic E-state index is 0.283. The van der Waals surface area contributed by atoms with Crippen LogP contribution in [-0.2, 0) is 9.59 Å². The van der Waals surface area contributed by atoms with Crippen molar-refractivity contribution in [2.24, 2.45) is 5.73 Å². The number of anilines is 1. The van der Waals surface area contributed by atoms with Crippen molar-refractivity contribution in [2.45, 2.75) is 12.5 Å². The average molecular weight is 216 g/mol. The minimum Gasteiger partial charge on any atom is -0.480 e. The van der Waals surface area contributed by atoms with Crippen LogP contribution in [0.15, 0.2) is 5.51 Å². The Hall–Kier alpha value is -1.70. The maximum atomic E-state index is 10.6. The lowest BCUT2D eigenvalue weighted by molar-refractivity contribution is -0.139. The van der Waals surface area contributed by atoms with E-state index in [1.807, 2.05) is 0 Å². The number of primary amides is 1. The average Bonchev–Trinajstić information content (AvgIpc) is 2.54. The van der Waals surface area contributed by atoms with Crippen LogP contribution in [0.1, 0.15) is 6.42 Å². The molecule has 1 rings (SSSR count). The third-order valence-corrected chi connectivity index (χ3v) is 1.98. The summed E-state index contributed by atoms with van der Waals surface area (Å²) in [4.78, 5) is 21.2. The third kappa shape index (κ3) is 2.98. The van der Waals surface area contributed by atoms with Gasteiger partial charge in [0.1, 0.15) is 11.6 Å². The van der Waals surface area contributed by atoms with E-state index in [0.717, 1.165) is 11.3 Å². The lowest BCUT2D eigenvalue weighted by Gasteiger charge is -2.10. The number of nitrogens with one attached hydrogen (secondary N) is 1. The highest BCUT2D eigenvalue weighted by Crippen LogP contribution is 2.11. The number of aromatic nitrogens is 2. The molecule has 0 spiro atoms. The Morgan fingerprint density at radius 3 is 2.86 bits per heavy atom. The van der Waals surface area contributed by atoms with Crippen LogP contribution in [-0.4, -0.2) is 33.2 Å². The Kier molecular flexibility index (Phi) is 3.35. The molecule has 0 fully saturated rings. The Balaban J connectivity index is 2.60. The van der Waals surface area contributed by atoms with E-state index in [9.17, 15) is 9.59 Å². The maximum absolute atomic E-state index is 10.6. The van der Waals surface area contributed by atoms with Gasteiger partial charge in [-0.25, -0.2) is 4.79 Å². The molecule has 1 atom stereocenters. The molecule has 0 unspecified atom stereocenters. The van der Waals surface area contributed by atoms with Gasteiger partial charge in [0, 0.05) is 0 Å². The molecule has 1 aromatic rings. The lowest BCUT2D eigenvalue weighted by atomic mass is 10.2. The van der Waals surface area contributed by atoms with E-state index in [4.69, 9.17) is 10.8 Å². The van der Waals surface area contributed by atoms with Crippen LogP contribution in [0.25, 0.3) is 0 Å². The second-order valence-electron chi connectivity index (χ2n) is 2.45. The fourth-order valence-electron chi connectivity index (χ4n) is 0.786. The van der Waals surface area contributed by atoms with Gasteiger partial charge in [0.2, 0.25) is 11.0 Å². The summed E-state index contributed by atoms with van der Waals surface area (Å²) in [5, 5.41) is 18.7. The first-order valence-corrected chi connectivity index (χ1v) is 4.51. The van der Waals surface area contributed by atoms with Gasteiger partial charge in [-0.2, -0.15) is 0 Å². The largest absolute Gasteiger partial charge is 0.480 e. The van der Waals surface area contributed by atoms with E-state index in [1.54, 1.807) is 0 Å². The molecule has 0 aliphatic rings. The number of carbonyl (C=O) groups is 2. The quantitative estimate of drug-likeness (QED) is 0.597. The molecule has 4 N–H and O–H groups in total. The molecule has 7 nitrogen and oxygen atoms in total. The zero-order chi connectivity index (χ0) is 10.6. The number of hydrogen-bond donors (Lipinski definition) is 3. The highest BCUT2D eigenvalue weighted by atomic mass is 32.1. The summed E-state index contributed by atoms with van der Waals surface area (Å²) < 4.78 is 0. The summed E-state index contributed by atoms with van der Waals surface area (Å²) in [6.07, 6.45) is -0.283. The zero-order valence-electron chi connectivity index (χ0n) is 7.01. The number of rotatable bonds is 5. The van der Waals surface area contributed by atoms with Crippen molar-refractivity contribution in [1.82, 2.24) is 10.2 Å². The molecule has 14 heavy (non-hydrogen) atoms. The molecule has 1 heterocycles. The normalized spacial score (nSPS) is 12.0.